The van der Waals surface area contributed by atoms with Gasteiger partial charge in [-0.2, -0.15) is 0 Å². The fourth-order valence-electron chi connectivity index (χ4n) is 2.88. The van der Waals surface area contributed by atoms with Crippen LogP contribution in [-0.4, -0.2) is 44.3 Å². The van der Waals surface area contributed by atoms with Crippen molar-refractivity contribution < 1.29 is 39.6 Å². The molecule has 8 heteroatoms. The molecule has 28 heavy (non-hydrogen) atoms. The number of rotatable bonds is 4. The fraction of sp³-hybridized carbons (Fsp3) is 0.200. The number of aliphatic carboxylic acids is 2. The van der Waals surface area contributed by atoms with Crippen molar-refractivity contribution in [3.8, 4) is 0 Å². The third kappa shape index (κ3) is 4.94. The summed E-state index contributed by atoms with van der Waals surface area (Å²) in [6.07, 6.45) is 4.26. The summed E-state index contributed by atoms with van der Waals surface area (Å²) in [6.45, 7) is 0. The molecular formula is C20H18O8. The number of allylic oxidation sites excluding steroid dienone is 1. The largest absolute Gasteiger partial charge is 0.481 e. The number of hydrogen-bond acceptors (Lipinski definition) is 4. The van der Waals surface area contributed by atoms with E-state index in [1.165, 1.54) is 30.3 Å². The molecule has 0 aliphatic heterocycles. The zero-order valence-corrected chi connectivity index (χ0v) is 14.6. The highest BCUT2D eigenvalue weighted by Crippen LogP contribution is 2.25. The van der Waals surface area contributed by atoms with Crippen LogP contribution in [0.4, 0.5) is 0 Å². The summed E-state index contributed by atoms with van der Waals surface area (Å²) in [5.41, 5.74) is 0.381. The Hall–Kier alpha value is -3.68. The molecule has 3 rings (SSSR count). The van der Waals surface area contributed by atoms with Gasteiger partial charge < -0.3 is 20.4 Å². The predicted octanol–water partition coefficient (Wildman–Crippen LogP) is 2.97. The Labute approximate surface area is 159 Å². The van der Waals surface area contributed by atoms with Crippen LogP contribution >= 0.6 is 0 Å². The van der Waals surface area contributed by atoms with Gasteiger partial charge in [0.05, 0.1) is 23.0 Å². The molecule has 2 aromatic carbocycles. The Morgan fingerprint density at radius 3 is 1.61 bits per heavy atom. The molecule has 0 amide bonds. The Bertz CT molecular complexity index is 907. The second kappa shape index (κ2) is 8.81. The van der Waals surface area contributed by atoms with E-state index in [0.29, 0.717) is 23.6 Å². The van der Waals surface area contributed by atoms with Crippen LogP contribution in [-0.2, 0) is 9.59 Å². The molecule has 2 atom stereocenters. The Morgan fingerprint density at radius 1 is 0.750 bits per heavy atom. The number of carboxylic acids is 4. The van der Waals surface area contributed by atoms with E-state index in [1.807, 2.05) is 0 Å². The van der Waals surface area contributed by atoms with E-state index < -0.39 is 35.7 Å². The van der Waals surface area contributed by atoms with Gasteiger partial charge in [-0.1, -0.05) is 24.3 Å². The highest BCUT2D eigenvalue weighted by molar-refractivity contribution is 5.98. The molecule has 0 aromatic heterocycles. The monoisotopic (exact) mass is 386 g/mol. The Morgan fingerprint density at radius 2 is 1.25 bits per heavy atom. The van der Waals surface area contributed by atoms with Crippen molar-refractivity contribution in [1.82, 2.24) is 0 Å². The van der Waals surface area contributed by atoms with Gasteiger partial charge >= 0.3 is 23.9 Å². The number of carboxylic acid groups (broad SMARTS) is 4. The van der Waals surface area contributed by atoms with Crippen LogP contribution in [0.15, 0.2) is 48.6 Å². The molecular weight excluding hydrogens is 368 g/mol. The molecule has 0 saturated heterocycles. The lowest BCUT2D eigenvalue weighted by atomic mass is 9.84. The normalized spacial score (nSPS) is 18.0. The summed E-state index contributed by atoms with van der Waals surface area (Å²) in [4.78, 5) is 42.6. The van der Waals surface area contributed by atoms with E-state index in [4.69, 9.17) is 20.4 Å². The molecule has 1 aliphatic rings. The topological polar surface area (TPSA) is 149 Å². The average Bonchev–Trinajstić information content (AvgIpc) is 2.67. The van der Waals surface area contributed by atoms with Crippen molar-refractivity contribution in [2.75, 3.05) is 0 Å². The van der Waals surface area contributed by atoms with Crippen molar-refractivity contribution in [1.29, 1.82) is 0 Å². The standard InChI is InChI=1S/C12H8O4.C8H10O4/c13-11(14)9-3-1-7-5-10(12(15)16)4-2-8(7)6-9;9-7(10)5-3-1-2-4-6(5)8(11)12/h1-6H,(H,13,14)(H,15,16);1,3,5-6H,2,4H2,(H,9,10)(H,11,12). The van der Waals surface area contributed by atoms with E-state index in [9.17, 15) is 19.2 Å². The van der Waals surface area contributed by atoms with E-state index in [0.717, 1.165) is 0 Å². The van der Waals surface area contributed by atoms with Crippen molar-refractivity contribution in [3.63, 3.8) is 0 Å². The van der Waals surface area contributed by atoms with Gasteiger partial charge in [0.15, 0.2) is 0 Å². The molecule has 0 spiro atoms. The van der Waals surface area contributed by atoms with Gasteiger partial charge in [0.1, 0.15) is 0 Å². The lowest BCUT2D eigenvalue weighted by Crippen LogP contribution is -2.30. The molecule has 2 unspecified atom stereocenters. The van der Waals surface area contributed by atoms with E-state index in [2.05, 4.69) is 0 Å². The minimum atomic E-state index is -1.06. The van der Waals surface area contributed by atoms with E-state index in [-0.39, 0.29) is 11.1 Å². The molecule has 0 fully saturated rings. The first-order valence-electron chi connectivity index (χ1n) is 8.33. The van der Waals surface area contributed by atoms with Crippen molar-refractivity contribution >= 4 is 34.6 Å². The summed E-state index contributed by atoms with van der Waals surface area (Å²) in [5.74, 6) is -5.68. The van der Waals surface area contributed by atoms with Crippen LogP contribution in [0.1, 0.15) is 33.6 Å². The Balaban J connectivity index is 0.000000209. The van der Waals surface area contributed by atoms with Crippen LogP contribution in [0.3, 0.4) is 0 Å². The van der Waals surface area contributed by atoms with Crippen LogP contribution in [0.5, 0.6) is 0 Å². The molecule has 0 saturated carbocycles. The zero-order valence-electron chi connectivity index (χ0n) is 14.6. The van der Waals surface area contributed by atoms with Crippen molar-refractivity contribution in [3.05, 3.63) is 59.7 Å². The van der Waals surface area contributed by atoms with Crippen LogP contribution < -0.4 is 0 Å². The van der Waals surface area contributed by atoms with Gasteiger partial charge in [-0.25, -0.2) is 9.59 Å². The lowest BCUT2D eigenvalue weighted by Gasteiger charge is -2.19. The van der Waals surface area contributed by atoms with Gasteiger partial charge in [0.25, 0.3) is 0 Å². The van der Waals surface area contributed by atoms with Crippen LogP contribution in [0, 0.1) is 11.8 Å². The van der Waals surface area contributed by atoms with Gasteiger partial charge in [0.2, 0.25) is 0 Å². The molecule has 1 aliphatic carbocycles. The highest BCUT2D eigenvalue weighted by atomic mass is 16.4. The molecule has 2 aromatic rings. The first-order chi connectivity index (χ1) is 13.2. The third-order valence-corrected chi connectivity index (χ3v) is 4.36. The first-order valence-corrected chi connectivity index (χ1v) is 8.33. The number of aromatic carboxylic acids is 2. The molecule has 8 nitrogen and oxygen atoms in total. The second-order valence-corrected chi connectivity index (χ2v) is 6.20. The molecule has 146 valence electrons. The third-order valence-electron chi connectivity index (χ3n) is 4.36. The van der Waals surface area contributed by atoms with Gasteiger partial charge in [0, 0.05) is 0 Å². The maximum absolute atomic E-state index is 10.7. The maximum Gasteiger partial charge on any atom is 0.335 e. The van der Waals surface area contributed by atoms with E-state index in [1.54, 1.807) is 18.2 Å². The number of carbonyl (C=O) groups is 4. The number of benzene rings is 2. The summed E-state index contributed by atoms with van der Waals surface area (Å²) < 4.78 is 0. The molecule has 0 bridgehead atoms. The Kier molecular flexibility index (Phi) is 6.49. The van der Waals surface area contributed by atoms with Crippen LogP contribution in [0.25, 0.3) is 10.8 Å². The molecule has 0 radical (unpaired) electrons. The molecule has 4 N–H and O–H groups in total. The lowest BCUT2D eigenvalue weighted by molar-refractivity contribution is -0.152. The summed E-state index contributed by atoms with van der Waals surface area (Å²) >= 11 is 0. The van der Waals surface area contributed by atoms with Gasteiger partial charge in [-0.3, -0.25) is 9.59 Å². The maximum atomic E-state index is 10.7. The smallest absolute Gasteiger partial charge is 0.335 e. The average molecular weight is 386 g/mol. The quantitative estimate of drug-likeness (QED) is 0.586. The number of fused-ring (bicyclic) bond motifs is 1. The minimum Gasteiger partial charge on any atom is -0.481 e. The summed E-state index contributed by atoms with van der Waals surface area (Å²) in [6, 6.07) is 9.15. The predicted molar refractivity (Wildman–Crippen MR) is 98.5 cm³/mol. The summed E-state index contributed by atoms with van der Waals surface area (Å²) in [7, 11) is 0. The summed E-state index contributed by atoms with van der Waals surface area (Å²) in [5, 5.41) is 36.3. The second-order valence-electron chi connectivity index (χ2n) is 6.20. The van der Waals surface area contributed by atoms with Crippen LogP contribution in [0.2, 0.25) is 0 Å². The number of hydrogen-bond donors (Lipinski definition) is 4. The SMILES string of the molecule is O=C(O)C1C=CCCC1C(=O)O.O=C(O)c1ccc2cc(C(=O)O)ccc2c1. The first kappa shape index (κ1) is 20.6. The molecule has 0 heterocycles. The fourth-order valence-corrected chi connectivity index (χ4v) is 2.88. The van der Waals surface area contributed by atoms with Crippen molar-refractivity contribution in [2.24, 2.45) is 11.8 Å². The van der Waals surface area contributed by atoms with E-state index >= 15 is 0 Å². The van der Waals surface area contributed by atoms with Crippen molar-refractivity contribution in [2.45, 2.75) is 12.8 Å². The zero-order chi connectivity index (χ0) is 20.8. The minimum absolute atomic E-state index is 0.190. The van der Waals surface area contributed by atoms with Gasteiger partial charge in [-0.05, 0) is 47.9 Å². The van der Waals surface area contributed by atoms with Gasteiger partial charge in [-0.15, -0.1) is 0 Å². The highest BCUT2D eigenvalue weighted by Gasteiger charge is 2.32.